The number of aryl methyl sites for hydroxylation is 2. The highest BCUT2D eigenvalue weighted by Gasteiger charge is 2.00. The highest BCUT2D eigenvalue weighted by Crippen LogP contribution is 2.16. The summed E-state index contributed by atoms with van der Waals surface area (Å²) in [7, 11) is 0. The van der Waals surface area contributed by atoms with E-state index in [9.17, 15) is 4.39 Å². The lowest BCUT2D eigenvalue weighted by molar-refractivity contribution is 0.312. The van der Waals surface area contributed by atoms with E-state index in [4.69, 9.17) is 4.74 Å². The van der Waals surface area contributed by atoms with Crippen molar-refractivity contribution in [1.82, 2.24) is 5.32 Å². The standard InChI is InChI=1S/C15H18FNOS/c1-11-3-5-13(9-15(11)16)18-8-7-17-10-14-6-4-12(2)19-14/h3-6,9,17H,7-8,10H2,1-2H3. The average molecular weight is 279 g/mol. The molecule has 0 aliphatic heterocycles. The lowest BCUT2D eigenvalue weighted by Gasteiger charge is -2.07. The minimum absolute atomic E-state index is 0.223. The number of nitrogens with one attached hydrogen (secondary N) is 1. The van der Waals surface area contributed by atoms with Crippen molar-refractivity contribution >= 4 is 11.3 Å². The summed E-state index contributed by atoms with van der Waals surface area (Å²) in [4.78, 5) is 2.64. The van der Waals surface area contributed by atoms with Gasteiger partial charge in [0, 0.05) is 28.9 Å². The first-order chi connectivity index (χ1) is 9.15. The predicted octanol–water partition coefficient (Wildman–Crippen LogP) is 3.67. The molecule has 0 aliphatic carbocycles. The van der Waals surface area contributed by atoms with Crippen molar-refractivity contribution in [2.45, 2.75) is 20.4 Å². The van der Waals surface area contributed by atoms with Gasteiger partial charge in [-0.3, -0.25) is 0 Å². The van der Waals surface area contributed by atoms with Crippen LogP contribution in [0.5, 0.6) is 5.75 Å². The third-order valence-electron chi connectivity index (χ3n) is 2.79. The molecule has 0 bridgehead atoms. The molecule has 2 nitrogen and oxygen atoms in total. The molecule has 2 rings (SSSR count). The Morgan fingerprint density at radius 3 is 2.74 bits per heavy atom. The van der Waals surface area contributed by atoms with Gasteiger partial charge in [-0.05, 0) is 37.6 Å². The topological polar surface area (TPSA) is 21.3 Å². The molecule has 1 N–H and O–H groups in total. The van der Waals surface area contributed by atoms with Gasteiger partial charge in [0.2, 0.25) is 0 Å². The zero-order chi connectivity index (χ0) is 13.7. The highest BCUT2D eigenvalue weighted by atomic mass is 32.1. The maximum atomic E-state index is 13.3. The zero-order valence-corrected chi connectivity index (χ0v) is 12.0. The predicted molar refractivity (Wildman–Crippen MR) is 77.4 cm³/mol. The fourth-order valence-electron chi connectivity index (χ4n) is 1.70. The molecule has 0 saturated heterocycles. The van der Waals surface area contributed by atoms with Crippen LogP contribution < -0.4 is 10.1 Å². The quantitative estimate of drug-likeness (QED) is 0.815. The van der Waals surface area contributed by atoms with Crippen LogP contribution in [0, 0.1) is 19.7 Å². The summed E-state index contributed by atoms with van der Waals surface area (Å²) in [5.74, 6) is 0.358. The SMILES string of the molecule is Cc1ccc(CNCCOc2ccc(C)c(F)c2)s1. The summed E-state index contributed by atoms with van der Waals surface area (Å²) in [6.07, 6.45) is 0. The van der Waals surface area contributed by atoms with Crippen LogP contribution >= 0.6 is 11.3 Å². The van der Waals surface area contributed by atoms with Crippen molar-refractivity contribution in [3.8, 4) is 5.75 Å². The van der Waals surface area contributed by atoms with E-state index in [1.807, 2.05) is 0 Å². The van der Waals surface area contributed by atoms with E-state index in [1.54, 1.807) is 30.4 Å². The van der Waals surface area contributed by atoms with Gasteiger partial charge >= 0.3 is 0 Å². The second-order valence-corrected chi connectivity index (χ2v) is 5.82. The normalized spacial score (nSPS) is 10.7. The Labute approximate surface area is 117 Å². The van der Waals surface area contributed by atoms with Gasteiger partial charge in [0.1, 0.15) is 18.2 Å². The van der Waals surface area contributed by atoms with Gasteiger partial charge in [-0.1, -0.05) is 6.07 Å². The fraction of sp³-hybridized carbons (Fsp3) is 0.333. The first-order valence-corrected chi connectivity index (χ1v) is 7.12. The lowest BCUT2D eigenvalue weighted by atomic mass is 10.2. The minimum atomic E-state index is -0.223. The van der Waals surface area contributed by atoms with Gasteiger partial charge in [-0.25, -0.2) is 4.39 Å². The molecule has 0 unspecified atom stereocenters. The largest absolute Gasteiger partial charge is 0.492 e. The first-order valence-electron chi connectivity index (χ1n) is 6.30. The summed E-state index contributed by atoms with van der Waals surface area (Å²) in [5.41, 5.74) is 0.638. The van der Waals surface area contributed by atoms with Gasteiger partial charge in [0.15, 0.2) is 0 Å². The number of hydrogen-bond acceptors (Lipinski definition) is 3. The molecule has 0 amide bonds. The first kappa shape index (κ1) is 14.0. The summed E-state index contributed by atoms with van der Waals surface area (Å²) in [6, 6.07) is 9.20. The van der Waals surface area contributed by atoms with E-state index in [-0.39, 0.29) is 5.82 Å². The second-order valence-electron chi connectivity index (χ2n) is 4.45. The zero-order valence-electron chi connectivity index (χ0n) is 11.2. The van der Waals surface area contributed by atoms with Crippen molar-refractivity contribution in [2.75, 3.05) is 13.2 Å². The number of benzene rings is 1. The molecular weight excluding hydrogens is 261 g/mol. The van der Waals surface area contributed by atoms with Crippen LogP contribution in [-0.4, -0.2) is 13.2 Å². The number of halogens is 1. The molecule has 1 aromatic carbocycles. The summed E-state index contributed by atoms with van der Waals surface area (Å²) >= 11 is 1.79. The summed E-state index contributed by atoms with van der Waals surface area (Å²) in [5, 5.41) is 3.30. The van der Waals surface area contributed by atoms with Crippen LogP contribution in [0.15, 0.2) is 30.3 Å². The molecule has 0 radical (unpaired) electrons. The summed E-state index contributed by atoms with van der Waals surface area (Å²) < 4.78 is 18.8. The van der Waals surface area contributed by atoms with E-state index in [1.165, 1.54) is 15.8 Å². The molecule has 0 spiro atoms. The fourth-order valence-corrected chi connectivity index (χ4v) is 2.56. The van der Waals surface area contributed by atoms with Gasteiger partial charge in [-0.15, -0.1) is 11.3 Å². The van der Waals surface area contributed by atoms with Crippen LogP contribution in [0.1, 0.15) is 15.3 Å². The van der Waals surface area contributed by atoms with Crippen LogP contribution in [0.2, 0.25) is 0 Å². The molecule has 0 aliphatic rings. The maximum Gasteiger partial charge on any atom is 0.129 e. The second kappa shape index (κ2) is 6.68. The molecule has 2 aromatic rings. The third-order valence-corrected chi connectivity index (χ3v) is 3.79. The number of rotatable bonds is 6. The molecular formula is C15H18FNOS. The highest BCUT2D eigenvalue weighted by molar-refractivity contribution is 7.11. The van der Waals surface area contributed by atoms with Crippen molar-refractivity contribution in [3.05, 3.63) is 51.5 Å². The third kappa shape index (κ3) is 4.33. The van der Waals surface area contributed by atoms with E-state index in [0.29, 0.717) is 17.9 Å². The van der Waals surface area contributed by atoms with E-state index in [0.717, 1.165) is 13.1 Å². The smallest absolute Gasteiger partial charge is 0.129 e. The average Bonchev–Trinajstić information content (AvgIpc) is 2.79. The van der Waals surface area contributed by atoms with Crippen molar-refractivity contribution in [1.29, 1.82) is 0 Å². The van der Waals surface area contributed by atoms with Crippen LogP contribution in [0.25, 0.3) is 0 Å². The van der Waals surface area contributed by atoms with E-state index in [2.05, 4.69) is 24.4 Å². The molecule has 19 heavy (non-hydrogen) atoms. The van der Waals surface area contributed by atoms with Crippen molar-refractivity contribution in [2.24, 2.45) is 0 Å². The monoisotopic (exact) mass is 279 g/mol. The van der Waals surface area contributed by atoms with Gasteiger partial charge in [0.05, 0.1) is 0 Å². The Morgan fingerprint density at radius 1 is 1.21 bits per heavy atom. The van der Waals surface area contributed by atoms with E-state index >= 15 is 0 Å². The van der Waals surface area contributed by atoms with Crippen LogP contribution in [0.4, 0.5) is 4.39 Å². The Hall–Kier alpha value is -1.39. The Morgan fingerprint density at radius 2 is 2.05 bits per heavy atom. The van der Waals surface area contributed by atoms with Crippen molar-refractivity contribution < 1.29 is 9.13 Å². The van der Waals surface area contributed by atoms with Gasteiger partial charge < -0.3 is 10.1 Å². The molecule has 1 aromatic heterocycles. The van der Waals surface area contributed by atoms with Gasteiger partial charge in [0.25, 0.3) is 0 Å². The minimum Gasteiger partial charge on any atom is -0.492 e. The molecule has 0 saturated carbocycles. The number of hydrogen-bond donors (Lipinski definition) is 1. The van der Waals surface area contributed by atoms with Crippen molar-refractivity contribution in [3.63, 3.8) is 0 Å². The molecule has 4 heteroatoms. The molecule has 0 fully saturated rings. The number of ether oxygens (including phenoxy) is 1. The molecule has 102 valence electrons. The molecule has 1 heterocycles. The lowest BCUT2D eigenvalue weighted by Crippen LogP contribution is -2.20. The Bertz CT molecular complexity index is 539. The Kier molecular flexibility index (Phi) is 4.93. The van der Waals surface area contributed by atoms with Gasteiger partial charge in [-0.2, -0.15) is 0 Å². The molecule has 0 atom stereocenters. The van der Waals surface area contributed by atoms with Crippen LogP contribution in [-0.2, 0) is 6.54 Å². The number of thiophene rings is 1. The Balaban J connectivity index is 1.67. The van der Waals surface area contributed by atoms with E-state index < -0.39 is 0 Å². The summed E-state index contributed by atoms with van der Waals surface area (Å²) in [6.45, 7) is 5.97. The maximum absolute atomic E-state index is 13.3. The van der Waals surface area contributed by atoms with Crippen LogP contribution in [0.3, 0.4) is 0 Å².